The lowest BCUT2D eigenvalue weighted by molar-refractivity contribution is -0.115. The van der Waals surface area contributed by atoms with Crippen LogP contribution in [0.15, 0.2) is 64.0 Å². The third-order valence-electron chi connectivity index (χ3n) is 4.79. The van der Waals surface area contributed by atoms with E-state index in [0.29, 0.717) is 16.4 Å². The fraction of sp³-hybridized carbons (Fsp3) is 0.125. The van der Waals surface area contributed by atoms with Crippen LogP contribution in [-0.4, -0.2) is 31.0 Å². The molecule has 0 aliphatic carbocycles. The van der Waals surface area contributed by atoms with Gasteiger partial charge in [0.05, 0.1) is 22.2 Å². The van der Waals surface area contributed by atoms with E-state index in [2.05, 4.69) is 25.7 Å². The van der Waals surface area contributed by atoms with Crippen LogP contribution in [0.2, 0.25) is 0 Å². The number of hydrogen-bond acceptors (Lipinski definition) is 7. The van der Waals surface area contributed by atoms with Crippen molar-refractivity contribution in [3.05, 3.63) is 76.6 Å². The Hall–Kier alpha value is -4.14. The second kappa shape index (κ2) is 9.61. The predicted octanol–water partition coefficient (Wildman–Crippen LogP) is 5.17. The molecule has 35 heavy (non-hydrogen) atoms. The van der Waals surface area contributed by atoms with Crippen LogP contribution in [0, 0.1) is 25.2 Å². The summed E-state index contributed by atoms with van der Waals surface area (Å²) in [5.74, 6) is -0.563. The maximum atomic E-state index is 12.8. The van der Waals surface area contributed by atoms with Gasteiger partial charge in [0.15, 0.2) is 5.13 Å². The number of aryl methyl sites for hydroxylation is 2. The van der Waals surface area contributed by atoms with Crippen LogP contribution in [0.4, 0.5) is 9.93 Å². The number of anilines is 1. The molecule has 0 unspecified atom stereocenters. The summed E-state index contributed by atoms with van der Waals surface area (Å²) in [5.41, 5.74) is 4.45. The predicted molar refractivity (Wildman–Crippen MR) is 135 cm³/mol. The van der Waals surface area contributed by atoms with E-state index in [9.17, 15) is 19.1 Å². The van der Waals surface area contributed by atoms with E-state index in [1.165, 1.54) is 46.4 Å². The van der Waals surface area contributed by atoms with Crippen LogP contribution >= 0.6 is 11.3 Å². The molecule has 3 aromatic rings. The number of thiazole rings is 1. The molecule has 1 aliphatic rings. The van der Waals surface area contributed by atoms with Crippen LogP contribution in [0.1, 0.15) is 23.9 Å². The Balaban J connectivity index is 1.70. The smallest absolute Gasteiger partial charge is 0.283 e. The van der Waals surface area contributed by atoms with Crippen molar-refractivity contribution in [2.45, 2.75) is 20.8 Å². The summed E-state index contributed by atoms with van der Waals surface area (Å²) in [5, 5.41) is 14.8. The summed E-state index contributed by atoms with van der Waals surface area (Å²) in [6.07, 6.45) is 2.59. The number of benzene rings is 1. The van der Waals surface area contributed by atoms with Crippen molar-refractivity contribution in [2.75, 3.05) is 5.32 Å². The SMILES string of the molecule is CC(=O)N=S1(=O)C=CN(C(=O)Nc2nc(-c3cccc(C#N)c3)c(-c3cc(C)nc(C)c3)s2)C=C1. The molecular formula is C24H20N6O3S2. The number of hydrogen-bond donors (Lipinski definition) is 1. The van der Waals surface area contributed by atoms with Crippen molar-refractivity contribution in [3.8, 4) is 27.8 Å². The Morgan fingerprint density at radius 2 is 1.77 bits per heavy atom. The summed E-state index contributed by atoms with van der Waals surface area (Å²) in [4.78, 5) is 35.1. The molecule has 1 aliphatic heterocycles. The minimum absolute atomic E-state index is 0.344. The molecule has 3 heterocycles. The van der Waals surface area contributed by atoms with Gasteiger partial charge >= 0.3 is 6.03 Å². The lowest BCUT2D eigenvalue weighted by Crippen LogP contribution is -2.27. The van der Waals surface area contributed by atoms with Crippen molar-refractivity contribution in [3.63, 3.8) is 0 Å². The van der Waals surface area contributed by atoms with E-state index < -0.39 is 21.7 Å². The summed E-state index contributed by atoms with van der Waals surface area (Å²) in [6.45, 7) is 5.02. The molecule has 0 saturated heterocycles. The number of amides is 3. The third kappa shape index (κ3) is 5.51. The molecule has 4 rings (SSSR count). The first-order valence-corrected chi connectivity index (χ1v) is 12.8. The standard InChI is InChI=1S/C24H20N6O3S2/c1-15-11-20(12-16(2)26-15)22-21(19-6-4-5-18(13-19)14-25)27-23(34-22)28-24(32)30-7-9-35(33,10-8-30)29-17(3)31/h4-13H,1-3H3,(H,27,28,32). The van der Waals surface area contributed by atoms with Crippen molar-refractivity contribution in [2.24, 2.45) is 4.36 Å². The van der Waals surface area contributed by atoms with E-state index in [4.69, 9.17) is 0 Å². The van der Waals surface area contributed by atoms with Gasteiger partial charge in [-0.05, 0) is 43.7 Å². The molecule has 0 saturated carbocycles. The largest absolute Gasteiger partial charge is 0.331 e. The zero-order valence-electron chi connectivity index (χ0n) is 19.1. The van der Waals surface area contributed by atoms with Crippen molar-refractivity contribution >= 4 is 38.1 Å². The van der Waals surface area contributed by atoms with E-state index in [-0.39, 0.29) is 0 Å². The molecule has 2 aromatic heterocycles. The van der Waals surface area contributed by atoms with Gasteiger partial charge in [0.2, 0.25) is 0 Å². The number of nitriles is 1. The Morgan fingerprint density at radius 3 is 2.40 bits per heavy atom. The number of nitrogens with one attached hydrogen (secondary N) is 1. The van der Waals surface area contributed by atoms with E-state index in [0.717, 1.165) is 27.4 Å². The summed E-state index contributed by atoms with van der Waals surface area (Å²) < 4.78 is 16.0. The van der Waals surface area contributed by atoms with E-state index in [1.54, 1.807) is 18.2 Å². The van der Waals surface area contributed by atoms with Crippen LogP contribution in [-0.2, 0) is 14.5 Å². The zero-order valence-corrected chi connectivity index (χ0v) is 20.7. The molecular weight excluding hydrogens is 484 g/mol. The first-order chi connectivity index (χ1) is 16.7. The highest BCUT2D eigenvalue weighted by molar-refractivity contribution is 7.99. The fourth-order valence-electron chi connectivity index (χ4n) is 3.42. The molecule has 0 fully saturated rings. The lowest BCUT2D eigenvalue weighted by Gasteiger charge is -2.16. The molecule has 1 aromatic carbocycles. The molecule has 0 bridgehead atoms. The van der Waals surface area contributed by atoms with Crippen LogP contribution in [0.5, 0.6) is 0 Å². The first-order valence-electron chi connectivity index (χ1n) is 10.4. The number of pyridine rings is 1. The summed E-state index contributed by atoms with van der Waals surface area (Å²) in [6, 6.07) is 12.6. The van der Waals surface area contributed by atoms with Crippen molar-refractivity contribution in [1.29, 1.82) is 5.26 Å². The van der Waals surface area contributed by atoms with E-state index >= 15 is 0 Å². The van der Waals surface area contributed by atoms with Gasteiger partial charge < -0.3 is 0 Å². The van der Waals surface area contributed by atoms with Gasteiger partial charge in [-0.2, -0.15) is 9.62 Å². The number of rotatable bonds is 3. The first kappa shape index (κ1) is 24.0. The molecule has 9 nitrogen and oxygen atoms in total. The quantitative estimate of drug-likeness (QED) is 0.524. The molecule has 3 amide bonds. The molecule has 0 radical (unpaired) electrons. The fourth-order valence-corrected chi connectivity index (χ4v) is 5.61. The Kier molecular flexibility index (Phi) is 6.59. The highest BCUT2D eigenvalue weighted by Crippen LogP contribution is 2.39. The minimum Gasteiger partial charge on any atom is -0.283 e. The van der Waals surface area contributed by atoms with Gasteiger partial charge in [-0.1, -0.05) is 23.5 Å². The highest BCUT2D eigenvalue weighted by atomic mass is 32.2. The topological polar surface area (TPSA) is 128 Å². The van der Waals surface area contributed by atoms with Crippen LogP contribution in [0.25, 0.3) is 21.7 Å². The molecule has 11 heteroatoms. The number of carbonyl (C=O) groups is 2. The Morgan fingerprint density at radius 1 is 1.09 bits per heavy atom. The summed E-state index contributed by atoms with van der Waals surface area (Å²) >= 11 is 1.29. The van der Waals surface area contributed by atoms with Crippen LogP contribution in [0.3, 0.4) is 0 Å². The molecule has 0 atom stereocenters. The van der Waals surface area contributed by atoms with Gasteiger partial charge in [-0.15, -0.1) is 0 Å². The average molecular weight is 505 g/mol. The Bertz CT molecular complexity index is 1530. The van der Waals surface area contributed by atoms with Crippen molar-refractivity contribution in [1.82, 2.24) is 14.9 Å². The lowest BCUT2D eigenvalue weighted by atomic mass is 10.0. The second-order valence-electron chi connectivity index (χ2n) is 7.66. The molecule has 1 N–H and O–H groups in total. The number of aromatic nitrogens is 2. The normalized spacial score (nSPS) is 13.8. The van der Waals surface area contributed by atoms with Gasteiger partial charge in [0, 0.05) is 47.1 Å². The highest BCUT2D eigenvalue weighted by Gasteiger charge is 2.20. The maximum Gasteiger partial charge on any atom is 0.331 e. The monoisotopic (exact) mass is 504 g/mol. The molecule has 0 spiro atoms. The van der Waals surface area contributed by atoms with Gasteiger partial charge in [-0.25, -0.2) is 14.0 Å². The van der Waals surface area contributed by atoms with Gasteiger partial charge in [0.1, 0.15) is 9.73 Å². The Labute approximate surface area is 206 Å². The molecule has 176 valence electrons. The average Bonchev–Trinajstić information content (AvgIpc) is 3.22. The second-order valence-corrected chi connectivity index (χ2v) is 10.6. The zero-order chi connectivity index (χ0) is 25.2. The maximum absolute atomic E-state index is 12.8. The minimum atomic E-state index is -2.97. The number of nitrogens with zero attached hydrogens (tertiary/aromatic N) is 5. The van der Waals surface area contributed by atoms with Crippen LogP contribution < -0.4 is 5.32 Å². The number of urea groups is 1. The third-order valence-corrected chi connectivity index (χ3v) is 7.37. The van der Waals surface area contributed by atoms with Gasteiger partial charge in [0.25, 0.3) is 5.91 Å². The van der Waals surface area contributed by atoms with Gasteiger partial charge in [-0.3, -0.25) is 20.0 Å². The van der Waals surface area contributed by atoms with E-state index in [1.807, 2.05) is 32.0 Å². The van der Waals surface area contributed by atoms with Crippen molar-refractivity contribution < 1.29 is 13.8 Å². The number of carbonyl (C=O) groups excluding carboxylic acids is 2. The summed E-state index contributed by atoms with van der Waals surface area (Å²) in [7, 11) is -2.97.